The van der Waals surface area contributed by atoms with Gasteiger partial charge in [-0.1, -0.05) is 25.7 Å². The molecule has 0 radical (unpaired) electrons. The van der Waals surface area contributed by atoms with Crippen LogP contribution in [0.1, 0.15) is 44.9 Å². The maximum Gasteiger partial charge on any atom is 0.232 e. The van der Waals surface area contributed by atoms with Gasteiger partial charge in [-0.3, -0.25) is 9.10 Å². The lowest BCUT2D eigenvalue weighted by Gasteiger charge is -2.23. The molecule has 1 fully saturated rings. The Morgan fingerprint density at radius 3 is 2.31 bits per heavy atom. The fraction of sp³-hybridized carbons (Fsp3) is 0.588. The van der Waals surface area contributed by atoms with Crippen LogP contribution in [0.15, 0.2) is 12.1 Å². The van der Waals surface area contributed by atoms with E-state index in [4.69, 9.17) is 0 Å². The van der Waals surface area contributed by atoms with Crippen LogP contribution < -0.4 is 9.62 Å². The second-order valence-corrected chi connectivity index (χ2v) is 8.44. The average molecular weight is 392 g/mol. The van der Waals surface area contributed by atoms with Gasteiger partial charge < -0.3 is 5.32 Å². The van der Waals surface area contributed by atoms with Crippen LogP contribution in [-0.2, 0) is 14.8 Å². The average Bonchev–Trinajstić information content (AvgIpc) is 2.82. The number of nitrogens with one attached hydrogen (secondary N) is 1. The second kappa shape index (κ2) is 8.75. The summed E-state index contributed by atoms with van der Waals surface area (Å²) < 4.78 is 64.9. The van der Waals surface area contributed by atoms with Crippen molar-refractivity contribution < 1.29 is 26.4 Å². The molecule has 1 amide bonds. The molecule has 1 aromatic carbocycles. The third-order valence-corrected chi connectivity index (χ3v) is 5.63. The molecule has 0 aromatic heterocycles. The molecule has 1 aromatic rings. The molecule has 9 heteroatoms. The number of hydrogen-bond donors (Lipinski definition) is 1. The number of halogens is 3. The van der Waals surface area contributed by atoms with E-state index in [1.54, 1.807) is 0 Å². The first kappa shape index (κ1) is 20.5. The summed E-state index contributed by atoms with van der Waals surface area (Å²) in [6.45, 7) is -0.362. The molecule has 2 rings (SSSR count). The number of anilines is 1. The van der Waals surface area contributed by atoms with Gasteiger partial charge in [-0.2, -0.15) is 0 Å². The first-order valence-corrected chi connectivity index (χ1v) is 10.5. The quantitative estimate of drug-likeness (QED) is 0.598. The lowest BCUT2D eigenvalue weighted by Crippen LogP contribution is -2.38. The van der Waals surface area contributed by atoms with Gasteiger partial charge in [-0.05, 0) is 25.0 Å². The zero-order valence-electron chi connectivity index (χ0n) is 14.6. The van der Waals surface area contributed by atoms with E-state index in [9.17, 15) is 26.4 Å². The number of sulfonamides is 1. The van der Waals surface area contributed by atoms with Gasteiger partial charge in [0.25, 0.3) is 0 Å². The third-order valence-electron chi connectivity index (χ3n) is 4.45. The molecule has 0 spiro atoms. The molecule has 26 heavy (non-hydrogen) atoms. The molecule has 5 nitrogen and oxygen atoms in total. The molecule has 1 saturated carbocycles. The Labute approximate surface area is 151 Å². The second-order valence-electron chi connectivity index (χ2n) is 6.54. The smallest absolute Gasteiger partial charge is 0.232 e. The van der Waals surface area contributed by atoms with Crippen LogP contribution in [-0.4, -0.2) is 33.2 Å². The highest BCUT2D eigenvalue weighted by molar-refractivity contribution is 7.92. The van der Waals surface area contributed by atoms with Crippen LogP contribution in [0.2, 0.25) is 0 Å². The van der Waals surface area contributed by atoms with Gasteiger partial charge in [-0.15, -0.1) is 0 Å². The molecule has 0 bridgehead atoms. The summed E-state index contributed by atoms with van der Waals surface area (Å²) in [5, 5.41) is 2.86. The third kappa shape index (κ3) is 5.36. The minimum atomic E-state index is -3.98. The van der Waals surface area contributed by atoms with Crippen LogP contribution >= 0.6 is 0 Å². The van der Waals surface area contributed by atoms with Crippen molar-refractivity contribution in [2.45, 2.75) is 51.0 Å². The van der Waals surface area contributed by atoms with E-state index < -0.39 is 33.2 Å². The number of hydrogen-bond acceptors (Lipinski definition) is 3. The summed E-state index contributed by atoms with van der Waals surface area (Å²) in [6.07, 6.45) is 6.67. The van der Waals surface area contributed by atoms with Gasteiger partial charge in [0, 0.05) is 19.0 Å². The van der Waals surface area contributed by atoms with E-state index in [0.29, 0.717) is 10.4 Å². The monoisotopic (exact) mass is 392 g/mol. The molecule has 0 aliphatic heterocycles. The fourth-order valence-corrected chi connectivity index (χ4v) is 4.02. The van der Waals surface area contributed by atoms with Gasteiger partial charge in [-0.25, -0.2) is 21.6 Å². The highest BCUT2D eigenvalue weighted by Crippen LogP contribution is 2.26. The number of benzene rings is 1. The predicted molar refractivity (Wildman–Crippen MR) is 92.8 cm³/mol. The van der Waals surface area contributed by atoms with E-state index in [0.717, 1.165) is 50.8 Å². The van der Waals surface area contributed by atoms with Crippen LogP contribution in [0.3, 0.4) is 0 Å². The summed E-state index contributed by atoms with van der Waals surface area (Å²) in [7, 11) is -3.98. The van der Waals surface area contributed by atoms with Crippen molar-refractivity contribution in [2.24, 2.45) is 0 Å². The summed E-state index contributed by atoms with van der Waals surface area (Å²) in [6, 6.07) is 1.55. The Morgan fingerprint density at radius 1 is 1.12 bits per heavy atom. The first-order chi connectivity index (χ1) is 12.2. The summed E-state index contributed by atoms with van der Waals surface area (Å²) >= 11 is 0. The van der Waals surface area contributed by atoms with Gasteiger partial charge in [0.2, 0.25) is 15.9 Å². The number of nitrogens with zero attached hydrogens (tertiary/aromatic N) is 1. The highest BCUT2D eigenvalue weighted by Gasteiger charge is 2.25. The normalized spacial score (nSPS) is 16.2. The van der Waals surface area contributed by atoms with Crippen LogP contribution in [0.5, 0.6) is 0 Å². The molecule has 0 unspecified atom stereocenters. The minimum absolute atomic E-state index is 0.0525. The Morgan fingerprint density at radius 2 is 1.73 bits per heavy atom. The van der Waals surface area contributed by atoms with E-state index >= 15 is 0 Å². The van der Waals surface area contributed by atoms with Crippen molar-refractivity contribution in [1.82, 2.24) is 5.32 Å². The van der Waals surface area contributed by atoms with Crippen molar-refractivity contribution >= 4 is 21.6 Å². The highest BCUT2D eigenvalue weighted by atomic mass is 32.2. The standard InChI is InChI=1S/C17H23F3N2O3S/c1-26(24,25)22(14-9-8-13(18)16(19)17(14)20)11-10-15(23)21-12-6-4-2-3-5-7-12/h8-9,12H,2-7,10-11H2,1H3,(H,21,23). The van der Waals surface area contributed by atoms with E-state index in [-0.39, 0.29) is 24.9 Å². The number of carbonyl (C=O) groups is 1. The Kier molecular flexibility index (Phi) is 6.91. The van der Waals surface area contributed by atoms with Gasteiger partial charge in [0.1, 0.15) is 0 Å². The predicted octanol–water partition coefficient (Wildman–Crippen LogP) is 3.10. The van der Waals surface area contributed by atoms with Gasteiger partial charge in [0.15, 0.2) is 17.5 Å². The Bertz CT molecular complexity index is 748. The fourth-order valence-electron chi connectivity index (χ4n) is 3.10. The zero-order valence-corrected chi connectivity index (χ0v) is 15.4. The topological polar surface area (TPSA) is 66.5 Å². The molecule has 0 heterocycles. The maximum absolute atomic E-state index is 14.0. The Balaban J connectivity index is 2.07. The van der Waals surface area contributed by atoms with E-state index in [2.05, 4.69) is 5.32 Å². The summed E-state index contributed by atoms with van der Waals surface area (Å²) in [5.74, 6) is -5.11. The van der Waals surface area contributed by atoms with Crippen molar-refractivity contribution in [2.75, 3.05) is 17.1 Å². The van der Waals surface area contributed by atoms with E-state index in [1.807, 2.05) is 0 Å². The molecule has 1 aliphatic rings. The zero-order chi connectivity index (χ0) is 19.3. The maximum atomic E-state index is 14.0. The molecule has 146 valence electrons. The minimum Gasteiger partial charge on any atom is -0.353 e. The summed E-state index contributed by atoms with van der Waals surface area (Å²) in [4.78, 5) is 12.1. The van der Waals surface area contributed by atoms with Gasteiger partial charge >= 0.3 is 0 Å². The molecule has 0 atom stereocenters. The van der Waals surface area contributed by atoms with Crippen molar-refractivity contribution in [3.8, 4) is 0 Å². The van der Waals surface area contributed by atoms with Crippen LogP contribution in [0.25, 0.3) is 0 Å². The summed E-state index contributed by atoms with van der Waals surface area (Å²) in [5.41, 5.74) is -0.617. The Hall–Kier alpha value is -1.77. The molecule has 1 aliphatic carbocycles. The van der Waals surface area contributed by atoms with Crippen molar-refractivity contribution in [3.05, 3.63) is 29.6 Å². The van der Waals surface area contributed by atoms with E-state index in [1.165, 1.54) is 0 Å². The lowest BCUT2D eigenvalue weighted by atomic mass is 10.1. The lowest BCUT2D eigenvalue weighted by molar-refractivity contribution is -0.121. The molecule has 0 saturated heterocycles. The SMILES string of the molecule is CS(=O)(=O)N(CCC(=O)NC1CCCCCC1)c1ccc(F)c(F)c1F. The van der Waals surface area contributed by atoms with Gasteiger partial charge in [0.05, 0.1) is 11.9 Å². The molecular formula is C17H23F3N2O3S. The largest absolute Gasteiger partial charge is 0.353 e. The molecule has 1 N–H and O–H groups in total. The van der Waals surface area contributed by atoms with Crippen molar-refractivity contribution in [1.29, 1.82) is 0 Å². The first-order valence-electron chi connectivity index (χ1n) is 8.60. The van der Waals surface area contributed by atoms with Crippen LogP contribution in [0, 0.1) is 17.5 Å². The molecular weight excluding hydrogens is 369 g/mol. The van der Waals surface area contributed by atoms with Crippen molar-refractivity contribution in [3.63, 3.8) is 0 Å². The number of carbonyl (C=O) groups excluding carboxylic acids is 1. The number of rotatable bonds is 6. The van der Waals surface area contributed by atoms with Crippen LogP contribution in [0.4, 0.5) is 18.9 Å². The number of amides is 1.